The molecular formula is C44H68N2. The Morgan fingerprint density at radius 2 is 0.826 bits per heavy atom. The quantitative estimate of drug-likeness (QED) is 0.0735. The molecule has 2 heteroatoms. The molecule has 0 aliphatic carbocycles. The van der Waals surface area contributed by atoms with Crippen LogP contribution in [0.15, 0.2) is 59.7 Å². The van der Waals surface area contributed by atoms with E-state index in [0.29, 0.717) is 0 Å². The number of nitrogens with zero attached hydrogens (tertiary/aromatic N) is 2. The number of unbranched alkanes of at least 4 members (excludes halogenated alkanes) is 18. The molecule has 0 amide bonds. The van der Waals surface area contributed by atoms with Gasteiger partial charge in [0.05, 0.1) is 0 Å². The summed E-state index contributed by atoms with van der Waals surface area (Å²) in [5.74, 6) is 0. The lowest BCUT2D eigenvalue weighted by molar-refractivity contribution is -0.345. The van der Waals surface area contributed by atoms with Gasteiger partial charge in [-0.25, -0.2) is 4.70 Å². The van der Waals surface area contributed by atoms with Crippen molar-refractivity contribution < 1.29 is 4.70 Å². The first-order valence-corrected chi connectivity index (χ1v) is 19.7. The number of benzene rings is 2. The normalized spacial score (nSPS) is 13.4. The van der Waals surface area contributed by atoms with Gasteiger partial charge in [0.15, 0.2) is 0 Å². The summed E-state index contributed by atoms with van der Waals surface area (Å²) < 4.78 is 1.55. The molecule has 1 heterocycles. The van der Waals surface area contributed by atoms with Gasteiger partial charge < -0.3 is 5.53 Å². The molecule has 0 radical (unpaired) electrons. The molecule has 2 aromatic carbocycles. The van der Waals surface area contributed by atoms with Crippen LogP contribution in [0.3, 0.4) is 0 Å². The van der Waals surface area contributed by atoms with Crippen LogP contribution in [0.5, 0.6) is 0 Å². The highest BCUT2D eigenvalue weighted by atomic mass is 15.2. The molecule has 0 saturated carbocycles. The maximum atomic E-state index is 11.9. The lowest BCUT2D eigenvalue weighted by atomic mass is 9.94. The van der Waals surface area contributed by atoms with Crippen LogP contribution in [0.2, 0.25) is 0 Å². The van der Waals surface area contributed by atoms with E-state index in [4.69, 9.17) is 0 Å². The van der Waals surface area contributed by atoms with Crippen LogP contribution in [0.1, 0.15) is 191 Å². The second-order valence-electron chi connectivity index (χ2n) is 14.1. The molecule has 0 atom stereocenters. The molecule has 0 spiro atoms. The van der Waals surface area contributed by atoms with E-state index in [2.05, 4.69) is 76.2 Å². The second-order valence-corrected chi connectivity index (χ2v) is 14.1. The van der Waals surface area contributed by atoms with Crippen LogP contribution in [0.25, 0.3) is 16.9 Å². The minimum absolute atomic E-state index is 0.979. The third-order valence-corrected chi connectivity index (χ3v) is 10.1. The summed E-state index contributed by atoms with van der Waals surface area (Å²) in [4.78, 5) is 0. The van der Waals surface area contributed by atoms with Gasteiger partial charge in [0.25, 0.3) is 0 Å². The molecule has 0 bridgehead atoms. The van der Waals surface area contributed by atoms with Gasteiger partial charge in [-0.1, -0.05) is 161 Å². The van der Waals surface area contributed by atoms with Crippen LogP contribution in [0.4, 0.5) is 0 Å². The van der Waals surface area contributed by atoms with Gasteiger partial charge in [0, 0.05) is 22.3 Å². The van der Waals surface area contributed by atoms with Crippen LogP contribution in [-0.4, -0.2) is 4.70 Å². The van der Waals surface area contributed by atoms with Crippen LogP contribution >= 0.6 is 0 Å². The third kappa shape index (κ3) is 13.0. The molecule has 0 fully saturated rings. The summed E-state index contributed by atoms with van der Waals surface area (Å²) in [6.07, 6.45) is 31.1. The molecule has 46 heavy (non-hydrogen) atoms. The smallest absolute Gasteiger partial charge is 0.211 e. The molecule has 2 aromatic rings. The van der Waals surface area contributed by atoms with Crippen LogP contribution in [0, 0.1) is 0 Å². The monoisotopic (exact) mass is 625 g/mol. The molecule has 0 unspecified atom stereocenters. The summed E-state index contributed by atoms with van der Waals surface area (Å²) in [5.41, 5.74) is 21.6. The summed E-state index contributed by atoms with van der Waals surface area (Å²) in [6.45, 7) is 9.10. The van der Waals surface area contributed by atoms with E-state index in [1.165, 1.54) is 157 Å². The average molecular weight is 625 g/mol. The number of aryl methyl sites for hydroxylation is 2. The Hall–Kier alpha value is -2.48. The van der Waals surface area contributed by atoms with Crippen molar-refractivity contribution in [1.29, 1.82) is 0 Å². The van der Waals surface area contributed by atoms with E-state index in [1.807, 2.05) is 0 Å². The van der Waals surface area contributed by atoms with Crippen molar-refractivity contribution in [2.75, 3.05) is 0 Å². The number of hydrogen-bond donors (Lipinski definition) is 0. The SMILES string of the molecule is CCCCCCCCCCCC1=C(c2cccc(CCCCCCCC)c2)[N+](=[N-])C(c2cccc(CCCCCCCC)c2)=C1C. The largest absolute Gasteiger partial charge is 0.493 e. The van der Waals surface area contributed by atoms with E-state index in [-0.39, 0.29) is 0 Å². The highest BCUT2D eigenvalue weighted by Crippen LogP contribution is 2.42. The van der Waals surface area contributed by atoms with Crippen LogP contribution in [-0.2, 0) is 12.8 Å². The first-order chi connectivity index (χ1) is 22.6. The van der Waals surface area contributed by atoms with Crippen molar-refractivity contribution in [3.05, 3.63) is 87.5 Å². The van der Waals surface area contributed by atoms with Crippen molar-refractivity contribution in [3.8, 4) is 0 Å². The maximum absolute atomic E-state index is 11.9. The van der Waals surface area contributed by atoms with Crippen molar-refractivity contribution in [3.63, 3.8) is 0 Å². The average Bonchev–Trinajstić information content (AvgIpc) is 3.32. The first-order valence-electron chi connectivity index (χ1n) is 19.7. The fraction of sp³-hybridized carbons (Fsp3) is 0.636. The Labute approximate surface area is 284 Å². The molecule has 254 valence electrons. The molecule has 0 N–H and O–H groups in total. The standard InChI is InChI=1S/C44H68N2/c1-5-8-11-14-17-18-19-22-25-34-42-37(4)43(40-32-26-30-38(35-40)28-23-20-15-12-9-6-2)46(45)44(42)41-33-27-31-39(36-41)29-24-21-16-13-10-7-3/h26-27,30-33,35-36H,5-25,28-29,34H2,1-4H3. The topological polar surface area (TPSA) is 25.3 Å². The van der Waals surface area contributed by atoms with E-state index in [1.54, 1.807) is 4.70 Å². The highest BCUT2D eigenvalue weighted by molar-refractivity contribution is 5.81. The van der Waals surface area contributed by atoms with Crippen molar-refractivity contribution in [2.24, 2.45) is 0 Å². The van der Waals surface area contributed by atoms with Gasteiger partial charge >= 0.3 is 0 Å². The zero-order chi connectivity index (χ0) is 32.8. The molecule has 1 aliphatic rings. The van der Waals surface area contributed by atoms with E-state index >= 15 is 0 Å². The fourth-order valence-corrected chi connectivity index (χ4v) is 7.24. The molecule has 2 nitrogen and oxygen atoms in total. The van der Waals surface area contributed by atoms with E-state index < -0.39 is 0 Å². The van der Waals surface area contributed by atoms with Gasteiger partial charge in [-0.2, -0.15) is 0 Å². The summed E-state index contributed by atoms with van der Waals surface area (Å²) in [6, 6.07) is 18.0. The van der Waals surface area contributed by atoms with Gasteiger partial charge in [0.2, 0.25) is 11.4 Å². The molecule has 0 aromatic heterocycles. The van der Waals surface area contributed by atoms with Gasteiger partial charge in [-0.05, 0) is 80.8 Å². The second kappa shape index (κ2) is 22.9. The minimum Gasteiger partial charge on any atom is -0.493 e. The van der Waals surface area contributed by atoms with Gasteiger partial charge in [0.1, 0.15) is 0 Å². The maximum Gasteiger partial charge on any atom is 0.211 e. The van der Waals surface area contributed by atoms with Crippen molar-refractivity contribution in [1.82, 2.24) is 0 Å². The molecular weight excluding hydrogens is 556 g/mol. The Balaban J connectivity index is 1.73. The predicted molar refractivity (Wildman–Crippen MR) is 202 cm³/mol. The van der Waals surface area contributed by atoms with Crippen molar-refractivity contribution in [2.45, 2.75) is 182 Å². The molecule has 3 rings (SSSR count). The molecule has 0 saturated heterocycles. The third-order valence-electron chi connectivity index (χ3n) is 10.1. The zero-order valence-electron chi connectivity index (χ0n) is 30.5. The Morgan fingerprint density at radius 3 is 1.26 bits per heavy atom. The predicted octanol–water partition coefficient (Wildman–Crippen LogP) is 14.6. The lowest BCUT2D eigenvalue weighted by Gasteiger charge is -2.12. The summed E-state index contributed by atoms with van der Waals surface area (Å²) >= 11 is 0. The Morgan fingerprint density at radius 1 is 0.457 bits per heavy atom. The van der Waals surface area contributed by atoms with Crippen LogP contribution < -0.4 is 0 Å². The Bertz CT molecular complexity index is 1220. The van der Waals surface area contributed by atoms with E-state index in [0.717, 1.165) is 41.8 Å². The highest BCUT2D eigenvalue weighted by Gasteiger charge is 2.33. The molecule has 1 aliphatic heterocycles. The first kappa shape index (κ1) is 38.0. The van der Waals surface area contributed by atoms with Crippen molar-refractivity contribution >= 4 is 11.4 Å². The van der Waals surface area contributed by atoms with Gasteiger partial charge in [-0.15, -0.1) is 0 Å². The summed E-state index contributed by atoms with van der Waals surface area (Å²) in [5, 5.41) is 0. The number of allylic oxidation sites excluding steroid dienone is 2. The Kier molecular flexibility index (Phi) is 18.9. The number of rotatable bonds is 26. The minimum atomic E-state index is 0.979. The summed E-state index contributed by atoms with van der Waals surface area (Å²) in [7, 11) is 0. The fourth-order valence-electron chi connectivity index (χ4n) is 7.24. The van der Waals surface area contributed by atoms with E-state index in [9.17, 15) is 5.53 Å². The van der Waals surface area contributed by atoms with Gasteiger partial charge in [-0.3, -0.25) is 0 Å². The zero-order valence-corrected chi connectivity index (χ0v) is 30.5. The number of hydrogen-bond acceptors (Lipinski definition) is 0. The lowest BCUT2D eigenvalue weighted by Crippen LogP contribution is -2.03.